The van der Waals surface area contributed by atoms with Crippen molar-refractivity contribution in [3.8, 4) is 16.3 Å². The Bertz CT molecular complexity index is 1390. The molecule has 1 aliphatic heterocycles. The number of thiazole rings is 1. The monoisotopic (exact) mass is 568 g/mol. The minimum Gasteiger partial charge on any atom is -0.489 e. The fourth-order valence-electron chi connectivity index (χ4n) is 3.07. The Balaban J connectivity index is 0.000000695. The fourth-order valence-corrected chi connectivity index (χ4v) is 5.35. The molecule has 0 saturated heterocycles. The van der Waals surface area contributed by atoms with Crippen LogP contribution in [-0.2, 0) is 27.2 Å². The standard InChI is InChI=1S/C19H12F6N2O3S2.C3H6O2/c20-18(21,22)12-2-1-3-13(9-12)32(28,29)27-6-7-30-15-5-4-11(8-14(15)27)17-26-10-16(31-17)19(23,24)25;1-2-3(4)5/h1-5,8-10H,6-7H2;2H2,1H3,(H,4,5). The van der Waals surface area contributed by atoms with E-state index in [4.69, 9.17) is 9.84 Å². The number of sulfonamides is 1. The molecule has 37 heavy (non-hydrogen) atoms. The van der Waals surface area contributed by atoms with Crippen molar-refractivity contribution in [3.63, 3.8) is 0 Å². The molecule has 2 heterocycles. The van der Waals surface area contributed by atoms with Crippen LogP contribution in [0, 0.1) is 0 Å². The zero-order chi connectivity index (χ0) is 27.6. The molecule has 200 valence electrons. The summed E-state index contributed by atoms with van der Waals surface area (Å²) in [7, 11) is -4.42. The van der Waals surface area contributed by atoms with E-state index in [-0.39, 0.29) is 41.6 Å². The third-order valence-electron chi connectivity index (χ3n) is 4.86. The van der Waals surface area contributed by atoms with Crippen molar-refractivity contribution in [2.45, 2.75) is 30.6 Å². The number of carboxylic acids is 1. The van der Waals surface area contributed by atoms with Gasteiger partial charge in [0.25, 0.3) is 10.0 Å². The number of hydrogen-bond donors (Lipinski definition) is 1. The summed E-state index contributed by atoms with van der Waals surface area (Å²) in [5, 5.41) is 7.72. The second-order valence-corrected chi connectivity index (χ2v) is 10.3. The van der Waals surface area contributed by atoms with Gasteiger partial charge in [0.1, 0.15) is 22.2 Å². The Labute approximate surface area is 211 Å². The molecule has 2 aromatic carbocycles. The quantitative estimate of drug-likeness (QED) is 0.393. The fraction of sp³-hybridized carbons (Fsp3) is 0.273. The Morgan fingerprint density at radius 1 is 1.11 bits per heavy atom. The van der Waals surface area contributed by atoms with Crippen LogP contribution in [0.1, 0.15) is 23.8 Å². The van der Waals surface area contributed by atoms with Gasteiger partial charge in [-0.2, -0.15) is 26.3 Å². The average molecular weight is 569 g/mol. The molecule has 1 aromatic heterocycles. The number of benzene rings is 2. The number of hydrogen-bond acceptors (Lipinski definition) is 6. The number of halogens is 6. The number of rotatable bonds is 4. The van der Waals surface area contributed by atoms with E-state index in [1.54, 1.807) is 6.92 Å². The van der Waals surface area contributed by atoms with Crippen molar-refractivity contribution in [1.82, 2.24) is 4.98 Å². The van der Waals surface area contributed by atoms with Gasteiger partial charge < -0.3 is 9.84 Å². The highest BCUT2D eigenvalue weighted by Gasteiger charge is 2.36. The number of nitrogens with zero attached hydrogens (tertiary/aromatic N) is 2. The molecule has 0 bridgehead atoms. The van der Waals surface area contributed by atoms with E-state index in [0.29, 0.717) is 23.6 Å². The highest BCUT2D eigenvalue weighted by molar-refractivity contribution is 7.92. The summed E-state index contributed by atoms with van der Waals surface area (Å²) in [5.41, 5.74) is -0.919. The highest BCUT2D eigenvalue weighted by atomic mass is 32.2. The predicted octanol–water partition coefficient (Wildman–Crippen LogP) is 5.92. The molecule has 0 spiro atoms. The minimum atomic E-state index is -4.73. The van der Waals surface area contributed by atoms with Gasteiger partial charge in [-0.1, -0.05) is 13.0 Å². The molecule has 1 N–H and O–H groups in total. The van der Waals surface area contributed by atoms with Crippen molar-refractivity contribution >= 4 is 33.0 Å². The maximum absolute atomic E-state index is 13.2. The lowest BCUT2D eigenvalue weighted by atomic mass is 10.2. The molecule has 0 radical (unpaired) electrons. The summed E-state index contributed by atoms with van der Waals surface area (Å²) in [4.78, 5) is 11.6. The van der Waals surface area contributed by atoms with Crippen LogP contribution in [0.15, 0.2) is 53.6 Å². The topological polar surface area (TPSA) is 96.8 Å². The van der Waals surface area contributed by atoms with Crippen molar-refractivity contribution in [3.05, 3.63) is 59.1 Å². The van der Waals surface area contributed by atoms with Crippen LogP contribution in [-0.4, -0.2) is 37.6 Å². The van der Waals surface area contributed by atoms with Crippen LogP contribution < -0.4 is 9.04 Å². The van der Waals surface area contributed by atoms with Crippen LogP contribution in [0.4, 0.5) is 32.0 Å². The Kier molecular flexibility index (Phi) is 8.07. The molecule has 1 aliphatic rings. The Morgan fingerprint density at radius 3 is 2.35 bits per heavy atom. The van der Waals surface area contributed by atoms with Crippen LogP contribution in [0.3, 0.4) is 0 Å². The lowest BCUT2D eigenvalue weighted by Crippen LogP contribution is -2.38. The van der Waals surface area contributed by atoms with Gasteiger partial charge in [0.2, 0.25) is 0 Å². The summed E-state index contributed by atoms with van der Waals surface area (Å²) in [6.45, 7) is 1.35. The lowest BCUT2D eigenvalue weighted by Gasteiger charge is -2.31. The summed E-state index contributed by atoms with van der Waals surface area (Å²) in [5.74, 6) is -0.617. The largest absolute Gasteiger partial charge is 0.489 e. The number of aliphatic carboxylic acids is 1. The zero-order valence-corrected chi connectivity index (χ0v) is 20.4. The summed E-state index contributed by atoms with van der Waals surface area (Å²) in [6.07, 6.45) is -8.41. The first-order valence-corrected chi connectivity index (χ1v) is 12.6. The molecule has 3 aromatic rings. The summed E-state index contributed by atoms with van der Waals surface area (Å²) < 4.78 is 110. The first-order valence-electron chi connectivity index (χ1n) is 10.4. The molecule has 0 atom stereocenters. The molecule has 7 nitrogen and oxygen atoms in total. The molecular formula is C22H18F6N2O5S2. The van der Waals surface area contributed by atoms with E-state index in [2.05, 4.69) is 4.98 Å². The van der Waals surface area contributed by atoms with Crippen LogP contribution in [0.5, 0.6) is 5.75 Å². The third-order valence-corrected chi connectivity index (χ3v) is 7.76. The zero-order valence-electron chi connectivity index (χ0n) is 18.8. The van der Waals surface area contributed by atoms with E-state index in [1.165, 1.54) is 18.2 Å². The highest BCUT2D eigenvalue weighted by Crippen LogP contribution is 2.42. The number of carbonyl (C=O) groups is 1. The van der Waals surface area contributed by atoms with Gasteiger partial charge >= 0.3 is 18.3 Å². The second kappa shape index (κ2) is 10.6. The number of alkyl halides is 6. The Hall–Kier alpha value is -3.33. The smallest absolute Gasteiger partial charge is 0.427 e. The number of aromatic nitrogens is 1. The maximum atomic E-state index is 13.2. The van der Waals surface area contributed by atoms with Crippen molar-refractivity contribution in [2.24, 2.45) is 0 Å². The van der Waals surface area contributed by atoms with Gasteiger partial charge in [-0.05, 0) is 36.4 Å². The SMILES string of the molecule is CCC(=O)O.O=S(=O)(c1cccc(C(F)(F)F)c1)N1CCOc2ccc(-c3ncc(C(F)(F)F)s3)cc21. The van der Waals surface area contributed by atoms with E-state index in [0.717, 1.165) is 22.5 Å². The first-order chi connectivity index (χ1) is 17.1. The van der Waals surface area contributed by atoms with E-state index < -0.39 is 43.7 Å². The third kappa shape index (κ3) is 6.52. The molecule has 0 saturated carbocycles. The first kappa shape index (κ1) is 28.2. The van der Waals surface area contributed by atoms with Gasteiger partial charge in [-0.15, -0.1) is 11.3 Å². The van der Waals surface area contributed by atoms with Gasteiger partial charge in [-0.3, -0.25) is 9.10 Å². The van der Waals surface area contributed by atoms with E-state index in [9.17, 15) is 39.6 Å². The van der Waals surface area contributed by atoms with E-state index >= 15 is 0 Å². The molecule has 0 aliphatic carbocycles. The van der Waals surface area contributed by atoms with Crippen LogP contribution >= 0.6 is 11.3 Å². The molecule has 0 unspecified atom stereocenters. The van der Waals surface area contributed by atoms with Crippen molar-refractivity contribution in [1.29, 1.82) is 0 Å². The number of anilines is 1. The van der Waals surface area contributed by atoms with E-state index in [1.807, 2.05) is 0 Å². The number of fused-ring (bicyclic) bond motifs is 1. The summed E-state index contributed by atoms with van der Waals surface area (Å²) >= 11 is 0.383. The predicted molar refractivity (Wildman–Crippen MR) is 122 cm³/mol. The van der Waals surface area contributed by atoms with Crippen LogP contribution in [0.2, 0.25) is 0 Å². The number of ether oxygens (including phenoxy) is 1. The van der Waals surface area contributed by atoms with Gasteiger partial charge in [0, 0.05) is 12.0 Å². The molecule has 4 rings (SSSR count). The lowest BCUT2D eigenvalue weighted by molar-refractivity contribution is -0.138. The van der Waals surface area contributed by atoms with Crippen molar-refractivity contribution in [2.75, 3.05) is 17.5 Å². The summed E-state index contributed by atoms with van der Waals surface area (Å²) in [6, 6.07) is 7.42. The minimum absolute atomic E-state index is 0.00196. The second-order valence-electron chi connectivity index (χ2n) is 7.41. The van der Waals surface area contributed by atoms with Crippen LogP contribution in [0.25, 0.3) is 10.6 Å². The van der Waals surface area contributed by atoms with Gasteiger partial charge in [0.05, 0.1) is 28.9 Å². The molecule has 0 fully saturated rings. The normalized spacial score (nSPS) is 13.8. The molecule has 0 amide bonds. The number of carboxylic acid groups (broad SMARTS) is 1. The average Bonchev–Trinajstić information content (AvgIpc) is 3.34. The van der Waals surface area contributed by atoms with Crippen molar-refractivity contribution < 1.29 is 49.4 Å². The maximum Gasteiger partial charge on any atom is 0.427 e. The molecule has 15 heteroatoms. The Morgan fingerprint density at radius 2 is 1.78 bits per heavy atom. The molecular weight excluding hydrogens is 550 g/mol. The van der Waals surface area contributed by atoms with Gasteiger partial charge in [0.15, 0.2) is 0 Å². The van der Waals surface area contributed by atoms with Gasteiger partial charge in [-0.25, -0.2) is 13.4 Å².